The molecule has 5 rings (SSSR count). The second-order valence-corrected chi connectivity index (χ2v) is 12.8. The van der Waals surface area contributed by atoms with Crippen molar-refractivity contribution in [1.29, 1.82) is 0 Å². The Kier molecular flexibility index (Phi) is 10.4. The number of likely N-dealkylation sites (tertiary alicyclic amines) is 1. The van der Waals surface area contributed by atoms with Crippen LogP contribution < -0.4 is 26.0 Å². The van der Waals surface area contributed by atoms with Gasteiger partial charge in [0.1, 0.15) is 11.6 Å². The van der Waals surface area contributed by atoms with Crippen LogP contribution in [0.15, 0.2) is 18.3 Å². The van der Waals surface area contributed by atoms with Crippen LogP contribution in [0, 0.1) is 17.2 Å². The Morgan fingerprint density at radius 1 is 1.15 bits per heavy atom. The number of amides is 2. The monoisotopic (exact) mass is 649 g/mol. The first-order valence-corrected chi connectivity index (χ1v) is 15.9. The zero-order chi connectivity index (χ0) is 33.1. The second kappa shape index (κ2) is 14.1. The summed E-state index contributed by atoms with van der Waals surface area (Å²) in [5.74, 6) is -1.29. The fraction of sp³-hybridized carbons (Fsp3) is 0.625. The quantitative estimate of drug-likeness (QED) is 0.264. The van der Waals surface area contributed by atoms with Gasteiger partial charge in [-0.25, -0.2) is 14.4 Å². The van der Waals surface area contributed by atoms with Gasteiger partial charge in [0.15, 0.2) is 0 Å². The lowest BCUT2D eigenvalue weighted by Crippen LogP contribution is -2.45. The van der Waals surface area contributed by atoms with Crippen molar-refractivity contribution in [2.24, 2.45) is 11.3 Å². The fourth-order valence-corrected chi connectivity index (χ4v) is 7.14. The lowest BCUT2D eigenvalue weighted by atomic mass is 9.79. The molecule has 2 aliphatic carbocycles. The maximum absolute atomic E-state index is 15.2. The van der Waals surface area contributed by atoms with E-state index in [4.69, 9.17) is 4.74 Å². The smallest absolute Gasteiger partial charge is 0.419 e. The fourth-order valence-electron chi connectivity index (χ4n) is 7.14. The number of hydrogen-bond donors (Lipinski definition) is 4. The summed E-state index contributed by atoms with van der Waals surface area (Å²) in [6.07, 6.45) is 3.11. The molecule has 252 valence electrons. The lowest BCUT2D eigenvalue weighted by Gasteiger charge is -2.34. The lowest BCUT2D eigenvalue weighted by molar-refractivity contribution is -0.138. The van der Waals surface area contributed by atoms with E-state index in [1.54, 1.807) is 7.05 Å². The van der Waals surface area contributed by atoms with Crippen LogP contribution in [-0.4, -0.2) is 79.6 Å². The molecule has 2 aromatic rings. The molecule has 46 heavy (non-hydrogen) atoms. The van der Waals surface area contributed by atoms with Crippen molar-refractivity contribution in [3.63, 3.8) is 0 Å². The van der Waals surface area contributed by atoms with Gasteiger partial charge in [-0.1, -0.05) is 12.8 Å². The van der Waals surface area contributed by atoms with Gasteiger partial charge in [-0.2, -0.15) is 13.2 Å². The minimum absolute atomic E-state index is 0.0228. The Labute approximate surface area is 266 Å². The molecule has 3 aliphatic rings. The Balaban J connectivity index is 1.29. The van der Waals surface area contributed by atoms with Crippen molar-refractivity contribution in [2.75, 3.05) is 46.2 Å². The number of aryl methyl sites for hydroxylation is 1. The molecular weight excluding hydrogens is 606 g/mol. The summed E-state index contributed by atoms with van der Waals surface area (Å²) in [5.41, 5.74) is -1.20. The van der Waals surface area contributed by atoms with Crippen LogP contribution in [0.2, 0.25) is 0 Å². The number of nitrogens with zero attached hydrogens (tertiary/aromatic N) is 3. The van der Waals surface area contributed by atoms with E-state index in [0.29, 0.717) is 6.42 Å². The number of rotatable bonds is 11. The molecule has 2 heterocycles. The summed E-state index contributed by atoms with van der Waals surface area (Å²) >= 11 is 0. The minimum atomic E-state index is -4.65. The van der Waals surface area contributed by atoms with Crippen molar-refractivity contribution in [3.05, 3.63) is 41.0 Å². The highest BCUT2D eigenvalue weighted by Gasteiger charge is 2.58. The van der Waals surface area contributed by atoms with E-state index in [1.807, 2.05) is 7.05 Å². The van der Waals surface area contributed by atoms with Gasteiger partial charge in [-0.15, -0.1) is 0 Å². The van der Waals surface area contributed by atoms with Crippen molar-refractivity contribution in [1.82, 2.24) is 30.8 Å². The third-order valence-corrected chi connectivity index (χ3v) is 9.88. The minimum Gasteiger partial charge on any atom is -0.495 e. The molecule has 3 atom stereocenters. The van der Waals surface area contributed by atoms with Crippen LogP contribution in [0.3, 0.4) is 0 Å². The zero-order valence-corrected chi connectivity index (χ0v) is 26.5. The molecule has 0 radical (unpaired) electrons. The number of ether oxygens (including phenoxy) is 1. The molecule has 0 bridgehead atoms. The normalized spacial score (nSPS) is 23.6. The highest BCUT2D eigenvalue weighted by atomic mass is 19.4. The summed E-state index contributed by atoms with van der Waals surface area (Å²) in [5, 5.41) is 11.7. The maximum Gasteiger partial charge on any atom is 0.419 e. The number of hydrogen-bond acceptors (Lipinski definition) is 8. The number of carbonyl (C=O) groups is 2. The van der Waals surface area contributed by atoms with E-state index in [-0.39, 0.29) is 70.9 Å². The molecule has 0 unspecified atom stereocenters. The molecule has 4 N–H and O–H groups in total. The number of halogens is 4. The average Bonchev–Trinajstić information content (AvgIpc) is 3.72. The van der Waals surface area contributed by atoms with Gasteiger partial charge in [0.25, 0.3) is 5.91 Å². The number of alkyl halides is 3. The van der Waals surface area contributed by atoms with Gasteiger partial charge in [0.05, 0.1) is 36.2 Å². The number of methoxy groups -OCH3 is 1. The summed E-state index contributed by atoms with van der Waals surface area (Å²) in [6.45, 7) is 1.86. The van der Waals surface area contributed by atoms with Crippen molar-refractivity contribution >= 4 is 23.5 Å². The van der Waals surface area contributed by atoms with Crippen molar-refractivity contribution in [3.8, 4) is 5.75 Å². The van der Waals surface area contributed by atoms with Crippen LogP contribution in [0.1, 0.15) is 73.0 Å². The Hall–Kier alpha value is -3.52. The Morgan fingerprint density at radius 3 is 2.61 bits per heavy atom. The summed E-state index contributed by atoms with van der Waals surface area (Å²) < 4.78 is 62.6. The molecule has 1 aromatic carbocycles. The first-order valence-electron chi connectivity index (χ1n) is 15.9. The van der Waals surface area contributed by atoms with Crippen LogP contribution >= 0.6 is 0 Å². The molecule has 1 aromatic heterocycles. The van der Waals surface area contributed by atoms with Gasteiger partial charge in [0.2, 0.25) is 11.9 Å². The Morgan fingerprint density at radius 2 is 1.91 bits per heavy atom. The largest absolute Gasteiger partial charge is 0.495 e. The molecule has 2 amide bonds. The van der Waals surface area contributed by atoms with E-state index < -0.39 is 23.5 Å². The van der Waals surface area contributed by atoms with Crippen molar-refractivity contribution in [2.45, 2.75) is 76.0 Å². The van der Waals surface area contributed by atoms with E-state index in [0.717, 1.165) is 70.3 Å². The number of piperidine rings is 1. The van der Waals surface area contributed by atoms with Gasteiger partial charge in [0, 0.05) is 31.4 Å². The first kappa shape index (κ1) is 33.8. The first-order chi connectivity index (χ1) is 21.9. The molecule has 1 saturated heterocycles. The topological polar surface area (TPSA) is 121 Å². The number of aromatic nitrogens is 2. The SMILES string of the molecule is CNC(=O)CN[C@@H]1CCCC[C@@]12C[C@@H]2CCc1nc(Nc2cc(F)c(C(=O)NC3CCN(C)CC3)cc2OC)ncc1C(F)(F)F. The van der Waals surface area contributed by atoms with Crippen LogP contribution in [0.25, 0.3) is 0 Å². The predicted octanol–water partition coefficient (Wildman–Crippen LogP) is 4.43. The van der Waals surface area contributed by atoms with E-state index in [1.165, 1.54) is 13.2 Å². The molecule has 1 aliphatic heterocycles. The number of benzene rings is 1. The number of likely N-dealkylation sites (N-methyl/N-ethyl adjacent to an activating group) is 1. The van der Waals surface area contributed by atoms with E-state index in [9.17, 15) is 22.8 Å². The summed E-state index contributed by atoms with van der Waals surface area (Å²) in [4.78, 5) is 35.0. The average molecular weight is 650 g/mol. The molecule has 1 spiro atoms. The highest BCUT2D eigenvalue weighted by Crippen LogP contribution is 2.63. The number of nitrogens with one attached hydrogen (secondary N) is 4. The van der Waals surface area contributed by atoms with E-state index in [2.05, 4.69) is 36.1 Å². The zero-order valence-electron chi connectivity index (χ0n) is 26.5. The van der Waals surface area contributed by atoms with E-state index >= 15 is 4.39 Å². The number of carbonyl (C=O) groups excluding carboxylic acids is 2. The van der Waals surface area contributed by atoms with Crippen LogP contribution in [0.5, 0.6) is 5.75 Å². The maximum atomic E-state index is 15.2. The second-order valence-electron chi connectivity index (χ2n) is 12.8. The van der Waals surface area contributed by atoms with Gasteiger partial charge in [-0.05, 0) is 82.5 Å². The van der Waals surface area contributed by atoms with Gasteiger partial charge < -0.3 is 30.9 Å². The third-order valence-electron chi connectivity index (χ3n) is 9.88. The van der Waals surface area contributed by atoms with Crippen LogP contribution in [0.4, 0.5) is 29.2 Å². The molecule has 10 nitrogen and oxygen atoms in total. The van der Waals surface area contributed by atoms with Gasteiger partial charge in [-0.3, -0.25) is 9.59 Å². The number of anilines is 2. The van der Waals surface area contributed by atoms with Crippen molar-refractivity contribution < 1.29 is 31.9 Å². The van der Waals surface area contributed by atoms with Crippen LogP contribution in [-0.2, 0) is 17.4 Å². The van der Waals surface area contributed by atoms with Gasteiger partial charge >= 0.3 is 6.18 Å². The predicted molar refractivity (Wildman–Crippen MR) is 164 cm³/mol. The molecule has 3 fully saturated rings. The Bertz CT molecular complexity index is 1420. The third kappa shape index (κ3) is 7.71. The summed E-state index contributed by atoms with van der Waals surface area (Å²) in [6, 6.07) is 2.40. The standard InChI is InChI=1S/C32H43F4N7O3/c1-37-28(44)18-38-27-6-4-5-11-31(27)16-19(31)7-8-24-22(32(34,35)36)17-39-30(41-24)42-25-15-23(33)21(14-26(25)46-3)29(45)40-20-9-12-43(2)13-10-20/h14-15,17,19-20,27,38H,4-13,16,18H2,1-3H3,(H,37,44)(H,40,45)(H,39,41,42)/t19-,27+,31-/m0/s1. The molecule has 2 saturated carbocycles. The molecular formula is C32H43F4N7O3. The summed E-state index contributed by atoms with van der Waals surface area (Å²) in [7, 11) is 4.94. The molecule has 14 heteroatoms. The highest BCUT2D eigenvalue weighted by molar-refractivity contribution is 5.96.